The first-order chi connectivity index (χ1) is 11.0. The highest BCUT2D eigenvalue weighted by Crippen LogP contribution is 2.11. The number of hydrogen-bond donors (Lipinski definition) is 1. The molecule has 0 fully saturated rings. The summed E-state index contributed by atoms with van der Waals surface area (Å²) in [5.41, 5.74) is 2.02. The van der Waals surface area contributed by atoms with Crippen LogP contribution >= 0.6 is 0 Å². The van der Waals surface area contributed by atoms with Gasteiger partial charge >= 0.3 is 6.03 Å². The first kappa shape index (κ1) is 16.9. The topological polar surface area (TPSA) is 84.2 Å². The number of hydrogen-bond acceptors (Lipinski definition) is 5. The van der Waals surface area contributed by atoms with Crippen LogP contribution in [0.3, 0.4) is 0 Å². The first-order valence-electron chi connectivity index (χ1n) is 7.81. The van der Waals surface area contributed by atoms with Crippen molar-refractivity contribution in [1.29, 1.82) is 0 Å². The van der Waals surface area contributed by atoms with E-state index in [1.807, 2.05) is 32.2 Å². The summed E-state index contributed by atoms with van der Waals surface area (Å²) in [6.45, 7) is 6.28. The third kappa shape index (κ3) is 4.51. The summed E-state index contributed by atoms with van der Waals surface area (Å²) in [5.74, 6) is 1.05. The zero-order valence-corrected chi connectivity index (χ0v) is 14.0. The van der Waals surface area contributed by atoms with Crippen molar-refractivity contribution in [3.63, 3.8) is 0 Å². The maximum atomic E-state index is 12.2. The lowest BCUT2D eigenvalue weighted by Gasteiger charge is -2.19. The van der Waals surface area contributed by atoms with E-state index in [9.17, 15) is 4.79 Å². The number of aromatic nitrogens is 3. The number of pyridine rings is 1. The van der Waals surface area contributed by atoms with Crippen molar-refractivity contribution in [3.8, 4) is 0 Å². The smallest absolute Gasteiger partial charge is 0.318 e. The second-order valence-electron chi connectivity index (χ2n) is 5.44. The van der Waals surface area contributed by atoms with E-state index >= 15 is 0 Å². The average molecular weight is 317 g/mol. The molecule has 0 aromatic carbocycles. The van der Waals surface area contributed by atoms with Gasteiger partial charge in [0.15, 0.2) is 5.82 Å². The van der Waals surface area contributed by atoms with Gasteiger partial charge in [-0.2, -0.15) is 4.98 Å². The molecule has 7 heteroatoms. The van der Waals surface area contributed by atoms with Gasteiger partial charge in [-0.3, -0.25) is 4.98 Å². The van der Waals surface area contributed by atoms with Gasteiger partial charge in [-0.05, 0) is 25.0 Å². The molecule has 1 N–H and O–H groups in total. The largest absolute Gasteiger partial charge is 0.337 e. The third-order valence-electron chi connectivity index (χ3n) is 3.55. The van der Waals surface area contributed by atoms with Gasteiger partial charge in [0.1, 0.15) is 6.04 Å². The number of nitrogens with one attached hydrogen (secondary N) is 1. The second-order valence-corrected chi connectivity index (χ2v) is 5.44. The Hall–Kier alpha value is -2.44. The molecule has 0 aliphatic carbocycles. The molecule has 1 atom stereocenters. The molecule has 0 spiro atoms. The van der Waals surface area contributed by atoms with Crippen LogP contribution in [-0.4, -0.2) is 33.1 Å². The molecule has 124 valence electrons. The van der Waals surface area contributed by atoms with E-state index < -0.39 is 0 Å². The number of urea groups is 1. The van der Waals surface area contributed by atoms with Gasteiger partial charge in [0.05, 0.1) is 12.2 Å². The summed E-state index contributed by atoms with van der Waals surface area (Å²) in [6, 6.07) is 3.42. The number of carbonyl (C=O) groups is 1. The van der Waals surface area contributed by atoms with E-state index in [-0.39, 0.29) is 12.1 Å². The fraction of sp³-hybridized carbons (Fsp3) is 0.500. The van der Waals surface area contributed by atoms with Crippen LogP contribution < -0.4 is 5.32 Å². The molecule has 1 unspecified atom stereocenters. The predicted octanol–water partition coefficient (Wildman–Crippen LogP) is 2.49. The standard InChI is InChI=1S/C16H23N5O2/c1-5-12-7-8-13(17-9-12)10-21(4)16(22)18-11(3)15-19-14(6-2)20-23-15/h7-9,11H,5-6,10H2,1-4H3,(H,18,22). The summed E-state index contributed by atoms with van der Waals surface area (Å²) in [4.78, 5) is 22.4. The monoisotopic (exact) mass is 317 g/mol. The van der Waals surface area contributed by atoms with Gasteiger partial charge in [-0.15, -0.1) is 0 Å². The molecule has 7 nitrogen and oxygen atoms in total. The Balaban J connectivity index is 1.90. The minimum absolute atomic E-state index is 0.213. The van der Waals surface area contributed by atoms with Crippen LogP contribution in [0.15, 0.2) is 22.9 Å². The number of rotatable bonds is 6. The van der Waals surface area contributed by atoms with Crippen LogP contribution in [0.4, 0.5) is 4.79 Å². The molecule has 2 aromatic heterocycles. The fourth-order valence-corrected chi connectivity index (χ4v) is 2.02. The molecule has 0 saturated carbocycles. The lowest BCUT2D eigenvalue weighted by molar-refractivity contribution is 0.200. The van der Waals surface area contributed by atoms with Crippen molar-refractivity contribution in [2.45, 2.75) is 46.2 Å². The van der Waals surface area contributed by atoms with E-state index in [0.29, 0.717) is 24.7 Å². The average Bonchev–Trinajstić information content (AvgIpc) is 3.04. The van der Waals surface area contributed by atoms with Gasteiger partial charge in [-0.1, -0.05) is 25.1 Å². The fourth-order valence-electron chi connectivity index (χ4n) is 2.02. The Morgan fingerprint density at radius 3 is 2.70 bits per heavy atom. The van der Waals surface area contributed by atoms with Crippen LogP contribution in [0.5, 0.6) is 0 Å². The van der Waals surface area contributed by atoms with E-state index in [1.54, 1.807) is 11.9 Å². The third-order valence-corrected chi connectivity index (χ3v) is 3.55. The molecule has 0 aliphatic heterocycles. The summed E-state index contributed by atoms with van der Waals surface area (Å²) in [7, 11) is 1.72. The van der Waals surface area contributed by atoms with E-state index in [0.717, 1.165) is 12.1 Å². The van der Waals surface area contributed by atoms with Gasteiger partial charge in [0.25, 0.3) is 0 Å². The van der Waals surface area contributed by atoms with Crippen molar-refractivity contribution in [1.82, 2.24) is 25.3 Å². The lowest BCUT2D eigenvalue weighted by atomic mass is 10.2. The van der Waals surface area contributed by atoms with Crippen molar-refractivity contribution >= 4 is 6.03 Å². The second kappa shape index (κ2) is 7.71. The number of nitrogens with zero attached hydrogens (tertiary/aromatic N) is 4. The van der Waals surface area contributed by atoms with Gasteiger partial charge in [0, 0.05) is 19.7 Å². The van der Waals surface area contributed by atoms with Gasteiger partial charge in [-0.25, -0.2) is 4.79 Å². The minimum atomic E-state index is -0.340. The lowest BCUT2D eigenvalue weighted by Crippen LogP contribution is -2.38. The Labute approximate surface area is 136 Å². The molecule has 0 radical (unpaired) electrons. The normalized spacial score (nSPS) is 12.0. The van der Waals surface area contributed by atoms with E-state index in [2.05, 4.69) is 27.4 Å². The Morgan fingerprint density at radius 1 is 1.35 bits per heavy atom. The molecule has 23 heavy (non-hydrogen) atoms. The maximum absolute atomic E-state index is 12.2. The summed E-state index contributed by atoms with van der Waals surface area (Å²) in [6.07, 6.45) is 3.49. The van der Waals surface area contributed by atoms with E-state index in [1.165, 1.54) is 5.56 Å². The van der Waals surface area contributed by atoms with Gasteiger partial charge in [0.2, 0.25) is 5.89 Å². The molecule has 2 heterocycles. The Kier molecular flexibility index (Phi) is 5.67. The zero-order chi connectivity index (χ0) is 16.8. The van der Waals surface area contributed by atoms with Crippen molar-refractivity contribution < 1.29 is 9.32 Å². The summed E-state index contributed by atoms with van der Waals surface area (Å²) >= 11 is 0. The predicted molar refractivity (Wildman–Crippen MR) is 85.7 cm³/mol. The molecule has 2 amide bonds. The highest BCUT2D eigenvalue weighted by Gasteiger charge is 2.18. The van der Waals surface area contributed by atoms with Crippen molar-refractivity contribution in [3.05, 3.63) is 41.3 Å². The molecule has 0 saturated heterocycles. The van der Waals surface area contributed by atoms with Crippen LogP contribution in [0.25, 0.3) is 0 Å². The van der Waals surface area contributed by atoms with Crippen LogP contribution in [0.1, 0.15) is 49.8 Å². The maximum Gasteiger partial charge on any atom is 0.318 e. The summed E-state index contributed by atoms with van der Waals surface area (Å²) < 4.78 is 5.14. The van der Waals surface area contributed by atoms with E-state index in [4.69, 9.17) is 4.52 Å². The molecular weight excluding hydrogens is 294 g/mol. The molecular formula is C16H23N5O2. The minimum Gasteiger partial charge on any atom is -0.337 e. The van der Waals surface area contributed by atoms with Gasteiger partial charge < -0.3 is 14.7 Å². The van der Waals surface area contributed by atoms with Crippen LogP contribution in [-0.2, 0) is 19.4 Å². The van der Waals surface area contributed by atoms with Crippen molar-refractivity contribution in [2.75, 3.05) is 7.05 Å². The SMILES string of the molecule is CCc1ccc(CN(C)C(=O)NC(C)c2nc(CC)no2)nc1. The molecule has 2 rings (SSSR count). The number of aryl methyl sites for hydroxylation is 2. The first-order valence-corrected chi connectivity index (χ1v) is 7.81. The summed E-state index contributed by atoms with van der Waals surface area (Å²) in [5, 5.41) is 6.67. The number of carbonyl (C=O) groups excluding carboxylic acids is 1. The zero-order valence-electron chi connectivity index (χ0n) is 14.0. The van der Waals surface area contributed by atoms with Crippen LogP contribution in [0, 0.1) is 0 Å². The Bertz CT molecular complexity index is 638. The quantitative estimate of drug-likeness (QED) is 0.885. The highest BCUT2D eigenvalue weighted by atomic mass is 16.5. The van der Waals surface area contributed by atoms with Crippen molar-refractivity contribution in [2.24, 2.45) is 0 Å². The Morgan fingerprint density at radius 2 is 2.13 bits per heavy atom. The number of amides is 2. The molecule has 0 aliphatic rings. The molecule has 2 aromatic rings. The molecule has 0 bridgehead atoms. The van der Waals surface area contributed by atoms with Crippen LogP contribution in [0.2, 0.25) is 0 Å². The highest BCUT2D eigenvalue weighted by molar-refractivity contribution is 5.74.